The van der Waals surface area contributed by atoms with Gasteiger partial charge in [-0.05, 0) is 11.8 Å². The fourth-order valence-corrected chi connectivity index (χ4v) is 3.95. The molecule has 0 spiro atoms. The Morgan fingerprint density at radius 3 is 2.71 bits per heavy atom. The van der Waals surface area contributed by atoms with E-state index in [1.165, 1.54) is 0 Å². The van der Waals surface area contributed by atoms with Crippen LogP contribution in [-0.4, -0.2) is 31.9 Å². The van der Waals surface area contributed by atoms with Crippen LogP contribution in [0, 0.1) is 5.41 Å². The standard InChI is InChI=1S/C17H22N2O4S/c1-17(2)8-14(22-12-17)11-24(20,21)19-10-16-18-9-15(23-16)13-6-4-3-5-7-13/h3-7,9,14,19H,8,10-12H2,1-2H3. The molecule has 6 nitrogen and oxygen atoms in total. The van der Waals surface area contributed by atoms with Crippen molar-refractivity contribution in [3.63, 3.8) is 0 Å². The first-order valence-electron chi connectivity index (χ1n) is 7.92. The number of oxazole rings is 1. The van der Waals surface area contributed by atoms with Crippen molar-refractivity contribution in [1.82, 2.24) is 9.71 Å². The van der Waals surface area contributed by atoms with Gasteiger partial charge in [0.1, 0.15) is 0 Å². The van der Waals surface area contributed by atoms with Crippen LogP contribution in [0.1, 0.15) is 26.2 Å². The Labute approximate surface area is 142 Å². The van der Waals surface area contributed by atoms with Crippen LogP contribution < -0.4 is 4.72 Å². The number of hydrogen-bond donors (Lipinski definition) is 1. The van der Waals surface area contributed by atoms with Gasteiger partial charge in [0.25, 0.3) is 0 Å². The lowest BCUT2D eigenvalue weighted by atomic mass is 9.91. The average molecular weight is 350 g/mol. The molecule has 3 rings (SSSR count). The number of sulfonamides is 1. The van der Waals surface area contributed by atoms with E-state index in [0.29, 0.717) is 18.3 Å². The van der Waals surface area contributed by atoms with Crippen LogP contribution in [0.4, 0.5) is 0 Å². The molecular weight excluding hydrogens is 328 g/mol. The summed E-state index contributed by atoms with van der Waals surface area (Å²) in [7, 11) is -3.44. The third-order valence-electron chi connectivity index (χ3n) is 3.95. The first kappa shape index (κ1) is 17.1. The molecule has 1 saturated heterocycles. The first-order chi connectivity index (χ1) is 11.3. The number of nitrogens with one attached hydrogen (secondary N) is 1. The summed E-state index contributed by atoms with van der Waals surface area (Å²) in [6, 6.07) is 9.55. The summed E-state index contributed by atoms with van der Waals surface area (Å²) in [5.41, 5.74) is 0.938. The van der Waals surface area contributed by atoms with E-state index >= 15 is 0 Å². The van der Waals surface area contributed by atoms with E-state index in [2.05, 4.69) is 23.6 Å². The van der Waals surface area contributed by atoms with Gasteiger partial charge in [-0.1, -0.05) is 44.2 Å². The smallest absolute Gasteiger partial charge is 0.214 e. The maximum absolute atomic E-state index is 12.2. The molecule has 0 saturated carbocycles. The van der Waals surface area contributed by atoms with Crippen LogP contribution >= 0.6 is 0 Å². The highest BCUT2D eigenvalue weighted by molar-refractivity contribution is 7.89. The molecule has 0 radical (unpaired) electrons. The topological polar surface area (TPSA) is 81.4 Å². The highest BCUT2D eigenvalue weighted by Crippen LogP contribution is 2.31. The molecule has 0 bridgehead atoms. The summed E-state index contributed by atoms with van der Waals surface area (Å²) < 4.78 is 38.1. The van der Waals surface area contributed by atoms with Gasteiger partial charge in [0.05, 0.1) is 31.2 Å². The van der Waals surface area contributed by atoms with Crippen LogP contribution in [0.5, 0.6) is 0 Å². The maximum atomic E-state index is 12.2. The Bertz CT molecular complexity index is 784. The lowest BCUT2D eigenvalue weighted by Crippen LogP contribution is -2.32. The number of rotatable bonds is 6. The Hall–Kier alpha value is -1.70. The molecule has 1 atom stereocenters. The van der Waals surface area contributed by atoms with E-state index in [4.69, 9.17) is 9.15 Å². The van der Waals surface area contributed by atoms with E-state index in [1.54, 1.807) is 6.20 Å². The molecule has 0 amide bonds. The van der Waals surface area contributed by atoms with Crippen LogP contribution in [0.3, 0.4) is 0 Å². The zero-order chi connectivity index (χ0) is 17.2. The third-order valence-corrected chi connectivity index (χ3v) is 5.35. The predicted octanol–water partition coefficient (Wildman–Crippen LogP) is 2.58. The highest BCUT2D eigenvalue weighted by atomic mass is 32.2. The molecule has 1 fully saturated rings. The Morgan fingerprint density at radius 1 is 1.29 bits per heavy atom. The second-order valence-electron chi connectivity index (χ2n) is 6.89. The molecule has 2 heterocycles. The van der Waals surface area contributed by atoms with Crippen molar-refractivity contribution < 1.29 is 17.6 Å². The molecule has 1 aliphatic rings. The molecule has 1 N–H and O–H groups in total. The second kappa shape index (κ2) is 6.66. The lowest BCUT2D eigenvalue weighted by Gasteiger charge is -2.14. The van der Waals surface area contributed by atoms with E-state index < -0.39 is 10.0 Å². The van der Waals surface area contributed by atoms with E-state index in [0.717, 1.165) is 12.0 Å². The van der Waals surface area contributed by atoms with Gasteiger partial charge in [0, 0.05) is 5.56 Å². The van der Waals surface area contributed by atoms with Gasteiger partial charge in [-0.2, -0.15) is 0 Å². The molecule has 1 aliphatic heterocycles. The zero-order valence-corrected chi connectivity index (χ0v) is 14.7. The number of nitrogens with zero attached hydrogens (tertiary/aromatic N) is 1. The fourth-order valence-electron chi connectivity index (χ4n) is 2.79. The third kappa shape index (κ3) is 4.43. The van der Waals surface area contributed by atoms with Crippen LogP contribution in [0.2, 0.25) is 0 Å². The predicted molar refractivity (Wildman–Crippen MR) is 90.7 cm³/mol. The molecule has 0 aliphatic carbocycles. The average Bonchev–Trinajstić information content (AvgIpc) is 3.12. The van der Waals surface area contributed by atoms with Crippen LogP contribution in [-0.2, 0) is 21.3 Å². The summed E-state index contributed by atoms with van der Waals surface area (Å²) in [5, 5.41) is 0. The normalized spacial score (nSPS) is 20.3. The number of hydrogen-bond acceptors (Lipinski definition) is 5. The van der Waals surface area contributed by atoms with Crippen molar-refractivity contribution in [3.8, 4) is 11.3 Å². The maximum Gasteiger partial charge on any atom is 0.214 e. The van der Waals surface area contributed by atoms with Crippen molar-refractivity contribution in [3.05, 3.63) is 42.4 Å². The van der Waals surface area contributed by atoms with E-state index in [1.807, 2.05) is 30.3 Å². The molecular formula is C17H22N2O4S. The van der Waals surface area contributed by atoms with Crippen LogP contribution in [0.25, 0.3) is 11.3 Å². The van der Waals surface area contributed by atoms with Gasteiger partial charge in [0.15, 0.2) is 5.76 Å². The number of ether oxygens (including phenoxy) is 1. The quantitative estimate of drug-likeness (QED) is 0.866. The fraction of sp³-hybridized carbons (Fsp3) is 0.471. The molecule has 1 unspecified atom stereocenters. The van der Waals surface area contributed by atoms with Gasteiger partial charge in [-0.25, -0.2) is 18.1 Å². The second-order valence-corrected chi connectivity index (χ2v) is 8.74. The van der Waals surface area contributed by atoms with Gasteiger partial charge in [-0.3, -0.25) is 0 Å². The molecule has 24 heavy (non-hydrogen) atoms. The molecule has 2 aromatic rings. The van der Waals surface area contributed by atoms with Crippen molar-refractivity contribution in [2.24, 2.45) is 5.41 Å². The largest absolute Gasteiger partial charge is 0.439 e. The van der Waals surface area contributed by atoms with Gasteiger partial charge >= 0.3 is 0 Å². The summed E-state index contributed by atoms with van der Waals surface area (Å²) in [4.78, 5) is 4.13. The number of benzene rings is 1. The van der Waals surface area contributed by atoms with Crippen molar-refractivity contribution in [1.29, 1.82) is 0 Å². The molecule has 7 heteroatoms. The Kier molecular flexibility index (Phi) is 4.76. The SMILES string of the molecule is CC1(C)COC(CS(=O)(=O)NCc2ncc(-c3ccccc3)o2)C1. The van der Waals surface area contributed by atoms with Crippen LogP contribution in [0.15, 0.2) is 40.9 Å². The summed E-state index contributed by atoms with van der Waals surface area (Å²) in [6.45, 7) is 4.77. The summed E-state index contributed by atoms with van der Waals surface area (Å²) in [5.74, 6) is 0.915. The molecule has 130 valence electrons. The Morgan fingerprint density at radius 2 is 2.04 bits per heavy atom. The van der Waals surface area contributed by atoms with Crippen molar-refractivity contribution in [2.45, 2.75) is 32.9 Å². The highest BCUT2D eigenvalue weighted by Gasteiger charge is 2.34. The van der Waals surface area contributed by atoms with Gasteiger partial charge in [-0.15, -0.1) is 0 Å². The minimum Gasteiger partial charge on any atom is -0.439 e. The Balaban J connectivity index is 1.56. The first-order valence-corrected chi connectivity index (χ1v) is 9.57. The van der Waals surface area contributed by atoms with E-state index in [9.17, 15) is 8.42 Å². The van der Waals surface area contributed by atoms with Gasteiger partial charge in [0.2, 0.25) is 15.9 Å². The zero-order valence-electron chi connectivity index (χ0n) is 13.9. The lowest BCUT2D eigenvalue weighted by molar-refractivity contribution is 0.113. The molecule has 1 aromatic heterocycles. The van der Waals surface area contributed by atoms with Crippen molar-refractivity contribution >= 4 is 10.0 Å². The number of aromatic nitrogens is 1. The van der Waals surface area contributed by atoms with Crippen molar-refractivity contribution in [2.75, 3.05) is 12.4 Å². The molecule has 1 aromatic carbocycles. The monoisotopic (exact) mass is 350 g/mol. The summed E-state index contributed by atoms with van der Waals surface area (Å²) >= 11 is 0. The van der Waals surface area contributed by atoms with E-state index in [-0.39, 0.29) is 23.8 Å². The minimum atomic E-state index is -3.44. The minimum absolute atomic E-state index is 0.0330. The van der Waals surface area contributed by atoms with Gasteiger partial charge < -0.3 is 9.15 Å². The summed E-state index contributed by atoms with van der Waals surface area (Å²) in [6.07, 6.45) is 2.08.